The van der Waals surface area contributed by atoms with Gasteiger partial charge in [0.25, 0.3) is 5.91 Å². The van der Waals surface area contributed by atoms with E-state index in [9.17, 15) is 4.79 Å². The minimum Gasteiger partial charge on any atom is -0.384 e. The number of amides is 1. The highest BCUT2D eigenvalue weighted by atomic mass is 32.1. The summed E-state index contributed by atoms with van der Waals surface area (Å²) in [5, 5.41) is 11.6. The first-order valence-corrected chi connectivity index (χ1v) is 7.07. The summed E-state index contributed by atoms with van der Waals surface area (Å²) in [6, 6.07) is 3.77. The van der Waals surface area contributed by atoms with Crippen LogP contribution in [0.25, 0.3) is 0 Å². The lowest BCUT2D eigenvalue weighted by atomic mass is 10.2. The van der Waals surface area contributed by atoms with Crippen molar-refractivity contribution >= 4 is 17.2 Å². The largest absolute Gasteiger partial charge is 0.384 e. The molecule has 0 aromatic carbocycles. The number of carbonyl (C=O) groups is 1. The molecule has 1 saturated carbocycles. The van der Waals surface area contributed by atoms with Gasteiger partial charge in [0.2, 0.25) is 0 Å². The van der Waals surface area contributed by atoms with Gasteiger partial charge in [0.1, 0.15) is 6.61 Å². The van der Waals surface area contributed by atoms with E-state index in [2.05, 4.69) is 17.2 Å². The summed E-state index contributed by atoms with van der Waals surface area (Å²) < 4.78 is 5.29. The molecule has 5 heteroatoms. The molecule has 0 saturated heterocycles. The van der Waals surface area contributed by atoms with Crippen LogP contribution in [0.5, 0.6) is 0 Å². The first kappa shape index (κ1) is 14.1. The third kappa shape index (κ3) is 3.80. The Morgan fingerprint density at radius 2 is 2.42 bits per heavy atom. The Hall–Kier alpha value is -1.35. The van der Waals surface area contributed by atoms with Crippen molar-refractivity contribution in [2.24, 2.45) is 0 Å². The molecule has 0 radical (unpaired) electrons. The number of aliphatic hydroxyl groups excluding tert-OH is 1. The molecule has 1 aliphatic carbocycles. The lowest BCUT2D eigenvalue weighted by Crippen LogP contribution is -2.32. The van der Waals surface area contributed by atoms with Crippen LogP contribution >= 0.6 is 11.3 Å². The average Bonchev–Trinajstić information content (AvgIpc) is 3.04. The van der Waals surface area contributed by atoms with Crippen LogP contribution in [0.2, 0.25) is 0 Å². The Kier molecular flexibility index (Phi) is 4.97. The number of methoxy groups -OCH3 is 1. The number of carbonyl (C=O) groups excluding carboxylic acids is 1. The molecule has 2 unspecified atom stereocenters. The Balaban J connectivity index is 1.91. The molecule has 0 aliphatic heterocycles. The highest BCUT2D eigenvalue weighted by Crippen LogP contribution is 2.22. The lowest BCUT2D eigenvalue weighted by Gasteiger charge is -2.11. The van der Waals surface area contributed by atoms with Crippen molar-refractivity contribution in [3.05, 3.63) is 21.9 Å². The molecule has 0 spiro atoms. The van der Waals surface area contributed by atoms with Crippen LogP contribution in [-0.4, -0.2) is 36.9 Å². The maximum atomic E-state index is 12.0. The zero-order chi connectivity index (χ0) is 13.7. The number of nitrogens with one attached hydrogen (secondary N) is 1. The van der Waals surface area contributed by atoms with Gasteiger partial charge >= 0.3 is 0 Å². The zero-order valence-electron chi connectivity index (χ0n) is 10.8. The summed E-state index contributed by atoms with van der Waals surface area (Å²) in [5.41, 5.74) is 0. The monoisotopic (exact) mass is 279 g/mol. The standard InChI is InChI=1S/C14H17NO3S/c1-18-11-5-4-10(9-11)15-14(17)13-7-6-12(19-13)3-2-8-16/h6-7,10-11,16H,4-5,8-9H2,1H3,(H,15,17). The maximum Gasteiger partial charge on any atom is 0.261 e. The summed E-state index contributed by atoms with van der Waals surface area (Å²) in [5.74, 6) is 5.32. The van der Waals surface area contributed by atoms with Crippen LogP contribution in [0.4, 0.5) is 0 Å². The molecule has 2 atom stereocenters. The van der Waals surface area contributed by atoms with Crippen molar-refractivity contribution < 1.29 is 14.6 Å². The molecule has 1 amide bonds. The van der Waals surface area contributed by atoms with Crippen molar-refractivity contribution in [3.63, 3.8) is 0 Å². The van der Waals surface area contributed by atoms with Gasteiger partial charge in [-0.3, -0.25) is 4.79 Å². The molecule has 19 heavy (non-hydrogen) atoms. The first-order chi connectivity index (χ1) is 9.22. The van der Waals surface area contributed by atoms with Gasteiger partial charge in [0.15, 0.2) is 0 Å². The normalized spacial score (nSPS) is 21.8. The average molecular weight is 279 g/mol. The van der Waals surface area contributed by atoms with Gasteiger partial charge < -0.3 is 15.2 Å². The summed E-state index contributed by atoms with van der Waals surface area (Å²) in [6.45, 7) is -0.167. The van der Waals surface area contributed by atoms with Gasteiger partial charge in [-0.15, -0.1) is 11.3 Å². The SMILES string of the molecule is COC1CCC(NC(=O)c2ccc(C#CCO)s2)C1. The minimum atomic E-state index is -0.167. The van der Waals surface area contributed by atoms with Crippen molar-refractivity contribution in [3.8, 4) is 11.8 Å². The molecule has 1 fully saturated rings. The van der Waals surface area contributed by atoms with Crippen LogP contribution in [0.3, 0.4) is 0 Å². The molecule has 2 rings (SSSR count). The van der Waals surface area contributed by atoms with Crippen molar-refractivity contribution in [1.29, 1.82) is 0 Å². The van der Waals surface area contributed by atoms with Crippen molar-refractivity contribution in [2.75, 3.05) is 13.7 Å². The third-order valence-electron chi connectivity index (χ3n) is 3.17. The topological polar surface area (TPSA) is 58.6 Å². The molecule has 1 aromatic heterocycles. The quantitative estimate of drug-likeness (QED) is 0.822. The molecule has 1 aliphatic rings. The van der Waals surface area contributed by atoms with Crippen LogP contribution in [0, 0.1) is 11.8 Å². The molecular formula is C14H17NO3S. The van der Waals surface area contributed by atoms with E-state index >= 15 is 0 Å². The highest BCUT2D eigenvalue weighted by molar-refractivity contribution is 7.14. The van der Waals surface area contributed by atoms with E-state index in [1.165, 1.54) is 11.3 Å². The summed E-state index contributed by atoms with van der Waals surface area (Å²) in [4.78, 5) is 13.5. The van der Waals surface area contributed by atoms with E-state index < -0.39 is 0 Å². The molecule has 4 nitrogen and oxygen atoms in total. The van der Waals surface area contributed by atoms with E-state index in [1.807, 2.05) is 0 Å². The van der Waals surface area contributed by atoms with Gasteiger partial charge in [0.05, 0.1) is 15.9 Å². The number of aliphatic hydroxyl groups is 1. The third-order valence-corrected chi connectivity index (χ3v) is 4.17. The maximum absolute atomic E-state index is 12.0. The van der Waals surface area contributed by atoms with E-state index in [4.69, 9.17) is 9.84 Å². The first-order valence-electron chi connectivity index (χ1n) is 6.26. The number of hydrogen-bond donors (Lipinski definition) is 2. The van der Waals surface area contributed by atoms with Gasteiger partial charge in [0, 0.05) is 13.2 Å². The molecule has 2 N–H and O–H groups in total. The fraction of sp³-hybridized carbons (Fsp3) is 0.500. The number of rotatable bonds is 3. The Morgan fingerprint density at radius 1 is 1.58 bits per heavy atom. The Morgan fingerprint density at radius 3 is 3.11 bits per heavy atom. The second kappa shape index (κ2) is 6.71. The van der Waals surface area contributed by atoms with E-state index in [0.29, 0.717) is 4.88 Å². The Bertz CT molecular complexity index is 500. The van der Waals surface area contributed by atoms with Crippen LogP contribution in [-0.2, 0) is 4.74 Å². The van der Waals surface area contributed by atoms with Crippen LogP contribution in [0.15, 0.2) is 12.1 Å². The fourth-order valence-corrected chi connectivity index (χ4v) is 2.98. The molecule has 1 aromatic rings. The van der Waals surface area contributed by atoms with Gasteiger partial charge in [-0.2, -0.15) is 0 Å². The predicted molar refractivity (Wildman–Crippen MR) is 74.2 cm³/mol. The minimum absolute atomic E-state index is 0.0520. The molecule has 102 valence electrons. The van der Waals surface area contributed by atoms with E-state index in [0.717, 1.165) is 24.1 Å². The van der Waals surface area contributed by atoms with Crippen molar-refractivity contribution in [2.45, 2.75) is 31.4 Å². The summed E-state index contributed by atoms with van der Waals surface area (Å²) in [7, 11) is 1.71. The van der Waals surface area contributed by atoms with Crippen LogP contribution < -0.4 is 5.32 Å². The molecular weight excluding hydrogens is 262 g/mol. The fourth-order valence-electron chi connectivity index (χ4n) is 2.20. The van der Waals surface area contributed by atoms with E-state index in [-0.39, 0.29) is 24.7 Å². The highest BCUT2D eigenvalue weighted by Gasteiger charge is 2.26. The number of hydrogen-bond acceptors (Lipinski definition) is 4. The zero-order valence-corrected chi connectivity index (χ0v) is 11.6. The van der Waals surface area contributed by atoms with Gasteiger partial charge in [-0.05, 0) is 31.4 Å². The Labute approximate surface area is 116 Å². The smallest absolute Gasteiger partial charge is 0.261 e. The second-order valence-electron chi connectivity index (χ2n) is 4.46. The molecule has 1 heterocycles. The predicted octanol–water partition coefficient (Wildman–Crippen LogP) is 1.39. The lowest BCUT2D eigenvalue weighted by molar-refractivity contribution is 0.0918. The van der Waals surface area contributed by atoms with Crippen LogP contribution in [0.1, 0.15) is 33.8 Å². The summed E-state index contributed by atoms with van der Waals surface area (Å²) >= 11 is 1.34. The van der Waals surface area contributed by atoms with Gasteiger partial charge in [-0.25, -0.2) is 0 Å². The second-order valence-corrected chi connectivity index (χ2v) is 5.55. The number of thiophene rings is 1. The van der Waals surface area contributed by atoms with E-state index in [1.54, 1.807) is 19.2 Å². The number of ether oxygens (including phenoxy) is 1. The summed E-state index contributed by atoms with van der Waals surface area (Å²) in [6.07, 6.45) is 3.11. The molecule has 0 bridgehead atoms. The van der Waals surface area contributed by atoms with Gasteiger partial charge in [-0.1, -0.05) is 11.8 Å². The van der Waals surface area contributed by atoms with Crippen molar-refractivity contribution in [1.82, 2.24) is 5.32 Å².